The SMILES string of the molecule is O=C(O)Oc1sccc1Cl. The number of hydrogen-bond donors (Lipinski definition) is 1. The highest BCUT2D eigenvalue weighted by atomic mass is 35.5. The summed E-state index contributed by atoms with van der Waals surface area (Å²) in [6.07, 6.45) is -1.34. The van der Waals surface area contributed by atoms with Crippen molar-refractivity contribution >= 4 is 29.1 Å². The molecule has 10 heavy (non-hydrogen) atoms. The third-order valence-electron chi connectivity index (χ3n) is 0.764. The van der Waals surface area contributed by atoms with Gasteiger partial charge in [0.25, 0.3) is 0 Å². The van der Waals surface area contributed by atoms with Crippen LogP contribution in [0.3, 0.4) is 0 Å². The van der Waals surface area contributed by atoms with Crippen LogP contribution in [0, 0.1) is 0 Å². The molecule has 0 saturated carbocycles. The first kappa shape index (κ1) is 7.37. The zero-order valence-electron chi connectivity index (χ0n) is 4.70. The Bertz CT molecular complexity index is 245. The second-order valence-electron chi connectivity index (χ2n) is 1.42. The van der Waals surface area contributed by atoms with Gasteiger partial charge in [0.1, 0.15) is 0 Å². The average Bonchev–Trinajstić information content (AvgIpc) is 2.15. The highest BCUT2D eigenvalue weighted by Gasteiger charge is 2.05. The molecule has 0 aromatic carbocycles. The van der Waals surface area contributed by atoms with E-state index in [9.17, 15) is 4.79 Å². The summed E-state index contributed by atoms with van der Waals surface area (Å²) in [4.78, 5) is 9.94. The molecular weight excluding hydrogens is 176 g/mol. The molecule has 0 atom stereocenters. The molecule has 54 valence electrons. The molecule has 0 aliphatic rings. The molecule has 3 nitrogen and oxygen atoms in total. The summed E-state index contributed by atoms with van der Waals surface area (Å²) in [6, 6.07) is 1.57. The lowest BCUT2D eigenvalue weighted by Gasteiger charge is -1.92. The fraction of sp³-hybridized carbons (Fsp3) is 0. The smallest absolute Gasteiger partial charge is 0.449 e. The van der Waals surface area contributed by atoms with Gasteiger partial charge in [-0.1, -0.05) is 11.6 Å². The molecule has 0 aliphatic carbocycles. The largest absolute Gasteiger partial charge is 0.512 e. The van der Waals surface area contributed by atoms with Crippen molar-refractivity contribution in [1.82, 2.24) is 0 Å². The lowest BCUT2D eigenvalue weighted by molar-refractivity contribution is 0.146. The van der Waals surface area contributed by atoms with E-state index < -0.39 is 6.16 Å². The highest BCUT2D eigenvalue weighted by molar-refractivity contribution is 7.12. The molecule has 1 aromatic rings. The monoisotopic (exact) mass is 178 g/mol. The van der Waals surface area contributed by atoms with E-state index in [0.717, 1.165) is 11.3 Å². The first-order valence-electron chi connectivity index (χ1n) is 2.34. The Labute approximate surface area is 65.8 Å². The molecule has 1 aromatic heterocycles. The molecule has 0 bridgehead atoms. The summed E-state index contributed by atoms with van der Waals surface area (Å²) in [5.41, 5.74) is 0. The van der Waals surface area contributed by atoms with Gasteiger partial charge in [-0.05, 0) is 11.4 Å². The maximum absolute atomic E-state index is 9.94. The summed E-state index contributed by atoms with van der Waals surface area (Å²) in [6.45, 7) is 0. The molecule has 1 heterocycles. The van der Waals surface area contributed by atoms with Crippen molar-refractivity contribution in [1.29, 1.82) is 0 Å². The van der Waals surface area contributed by atoms with Crippen molar-refractivity contribution in [3.05, 3.63) is 16.5 Å². The minimum Gasteiger partial charge on any atom is -0.449 e. The first-order chi connectivity index (χ1) is 4.70. The Morgan fingerprint density at radius 3 is 2.90 bits per heavy atom. The van der Waals surface area contributed by atoms with E-state index >= 15 is 0 Å². The van der Waals surface area contributed by atoms with Crippen molar-refractivity contribution in [2.45, 2.75) is 0 Å². The van der Waals surface area contributed by atoms with Gasteiger partial charge in [0.15, 0.2) is 0 Å². The van der Waals surface area contributed by atoms with Gasteiger partial charge >= 0.3 is 6.16 Å². The lowest BCUT2D eigenvalue weighted by atomic mass is 10.6. The molecule has 0 fully saturated rings. The van der Waals surface area contributed by atoms with Crippen LogP contribution in [0.4, 0.5) is 4.79 Å². The van der Waals surface area contributed by atoms with Crippen LogP contribution in [0.25, 0.3) is 0 Å². The Hall–Kier alpha value is -0.740. The van der Waals surface area contributed by atoms with Gasteiger partial charge < -0.3 is 9.84 Å². The molecule has 1 N–H and O–H groups in total. The Morgan fingerprint density at radius 1 is 1.80 bits per heavy atom. The Kier molecular flexibility index (Phi) is 2.13. The van der Waals surface area contributed by atoms with Gasteiger partial charge in [-0.25, -0.2) is 4.79 Å². The summed E-state index contributed by atoms with van der Waals surface area (Å²) in [5, 5.41) is 10.3. The second-order valence-corrected chi connectivity index (χ2v) is 2.71. The fourth-order valence-corrected chi connectivity index (χ4v) is 1.37. The van der Waals surface area contributed by atoms with E-state index in [1.54, 1.807) is 11.4 Å². The Balaban J connectivity index is 2.74. The van der Waals surface area contributed by atoms with Crippen molar-refractivity contribution in [2.24, 2.45) is 0 Å². The molecule has 0 saturated heterocycles. The first-order valence-corrected chi connectivity index (χ1v) is 3.59. The highest BCUT2D eigenvalue weighted by Crippen LogP contribution is 2.30. The van der Waals surface area contributed by atoms with Crippen LogP contribution in [0.1, 0.15) is 0 Å². The van der Waals surface area contributed by atoms with Crippen LogP contribution in [0.2, 0.25) is 5.02 Å². The van der Waals surface area contributed by atoms with Gasteiger partial charge in [-0.15, -0.1) is 11.3 Å². The van der Waals surface area contributed by atoms with E-state index in [1.807, 2.05) is 0 Å². The van der Waals surface area contributed by atoms with Gasteiger partial charge in [0.05, 0.1) is 5.02 Å². The molecular formula is C5H3ClO3S. The molecule has 5 heteroatoms. The van der Waals surface area contributed by atoms with Crippen LogP contribution in [-0.4, -0.2) is 11.3 Å². The zero-order chi connectivity index (χ0) is 7.56. The molecule has 0 aliphatic heterocycles. The standard InChI is InChI=1S/C5H3ClO3S/c6-3-1-2-10-4(3)9-5(7)8/h1-2H,(H,7,8). The van der Waals surface area contributed by atoms with Gasteiger partial charge in [-0.3, -0.25) is 0 Å². The number of thiophene rings is 1. The number of hydrogen-bond acceptors (Lipinski definition) is 3. The van der Waals surface area contributed by atoms with Crippen LogP contribution < -0.4 is 4.74 Å². The number of rotatable bonds is 1. The summed E-state index contributed by atoms with van der Waals surface area (Å²) < 4.78 is 4.29. The molecule has 0 amide bonds. The average molecular weight is 179 g/mol. The van der Waals surface area contributed by atoms with E-state index in [0.29, 0.717) is 5.02 Å². The van der Waals surface area contributed by atoms with Crippen LogP contribution in [0.5, 0.6) is 5.06 Å². The van der Waals surface area contributed by atoms with Crippen LogP contribution in [0.15, 0.2) is 11.4 Å². The van der Waals surface area contributed by atoms with E-state index in [2.05, 4.69) is 4.74 Å². The lowest BCUT2D eigenvalue weighted by Crippen LogP contribution is -2.01. The molecule has 1 rings (SSSR count). The maximum Gasteiger partial charge on any atom is 0.512 e. The van der Waals surface area contributed by atoms with E-state index in [4.69, 9.17) is 16.7 Å². The Morgan fingerprint density at radius 2 is 2.50 bits per heavy atom. The van der Waals surface area contributed by atoms with Crippen LogP contribution >= 0.6 is 22.9 Å². The normalized spacial score (nSPS) is 9.30. The second kappa shape index (κ2) is 2.90. The van der Waals surface area contributed by atoms with Crippen molar-refractivity contribution in [2.75, 3.05) is 0 Å². The van der Waals surface area contributed by atoms with E-state index in [1.165, 1.54) is 0 Å². The summed E-state index contributed by atoms with van der Waals surface area (Å²) >= 11 is 6.65. The number of carbonyl (C=O) groups is 1. The third kappa shape index (κ3) is 1.62. The van der Waals surface area contributed by atoms with Gasteiger partial charge in [-0.2, -0.15) is 0 Å². The zero-order valence-corrected chi connectivity index (χ0v) is 6.28. The van der Waals surface area contributed by atoms with Crippen LogP contribution in [-0.2, 0) is 0 Å². The van der Waals surface area contributed by atoms with Crippen molar-refractivity contribution in [3.63, 3.8) is 0 Å². The van der Waals surface area contributed by atoms with Crippen molar-refractivity contribution in [3.8, 4) is 5.06 Å². The van der Waals surface area contributed by atoms with Crippen molar-refractivity contribution < 1.29 is 14.6 Å². The quantitative estimate of drug-likeness (QED) is 0.672. The minimum absolute atomic E-state index is 0.217. The molecule has 0 unspecified atom stereocenters. The molecule has 0 spiro atoms. The number of carboxylic acid groups (broad SMARTS) is 1. The number of halogens is 1. The summed E-state index contributed by atoms with van der Waals surface area (Å²) in [7, 11) is 0. The van der Waals surface area contributed by atoms with Gasteiger partial charge in [0.2, 0.25) is 5.06 Å². The minimum atomic E-state index is -1.34. The molecule has 0 radical (unpaired) electrons. The van der Waals surface area contributed by atoms with E-state index in [-0.39, 0.29) is 5.06 Å². The van der Waals surface area contributed by atoms with Gasteiger partial charge in [0, 0.05) is 0 Å². The third-order valence-corrected chi connectivity index (χ3v) is 1.96. The topological polar surface area (TPSA) is 46.5 Å². The summed E-state index contributed by atoms with van der Waals surface area (Å²) in [5.74, 6) is 0. The fourth-order valence-electron chi connectivity index (χ4n) is 0.432. The maximum atomic E-state index is 9.94. The predicted octanol–water partition coefficient (Wildman–Crippen LogP) is 2.46. The predicted molar refractivity (Wildman–Crippen MR) is 38.0 cm³/mol. The number of ether oxygens (including phenoxy) is 1.